The third-order valence-electron chi connectivity index (χ3n) is 6.90. The number of nitrogens with one attached hydrogen (secondary N) is 1. The van der Waals surface area contributed by atoms with Gasteiger partial charge in [0.05, 0.1) is 22.6 Å². The molecule has 1 N–H and O–H groups in total. The molecule has 39 heavy (non-hydrogen) atoms. The van der Waals surface area contributed by atoms with E-state index in [0.717, 1.165) is 46.4 Å². The third-order valence-corrected chi connectivity index (χ3v) is 7.86. The molecule has 1 unspecified atom stereocenters. The Morgan fingerprint density at radius 2 is 1.64 bits per heavy atom. The lowest BCUT2D eigenvalue weighted by atomic mass is 9.92. The summed E-state index contributed by atoms with van der Waals surface area (Å²) in [6, 6.07) is 22.3. The number of amides is 1. The van der Waals surface area contributed by atoms with Gasteiger partial charge < -0.3 is 9.47 Å². The Bertz CT molecular complexity index is 1490. The quantitative estimate of drug-likeness (QED) is 0.226. The third kappa shape index (κ3) is 5.56. The van der Waals surface area contributed by atoms with E-state index in [0.29, 0.717) is 17.0 Å². The van der Waals surface area contributed by atoms with Crippen molar-refractivity contribution in [1.82, 2.24) is 0 Å². The Balaban J connectivity index is 1.38. The van der Waals surface area contributed by atoms with Crippen molar-refractivity contribution < 1.29 is 27.8 Å². The van der Waals surface area contributed by atoms with Crippen LogP contribution in [0.5, 0.6) is 0 Å². The summed E-state index contributed by atoms with van der Waals surface area (Å²) in [4.78, 5) is 25.7. The van der Waals surface area contributed by atoms with Gasteiger partial charge in [0.15, 0.2) is 5.13 Å². The van der Waals surface area contributed by atoms with Gasteiger partial charge in [0, 0.05) is 11.6 Å². The van der Waals surface area contributed by atoms with E-state index in [1.165, 1.54) is 18.2 Å². The van der Waals surface area contributed by atoms with Crippen LogP contribution < -0.4 is 5.32 Å². The molecule has 1 atom stereocenters. The van der Waals surface area contributed by atoms with E-state index in [-0.39, 0.29) is 17.5 Å². The van der Waals surface area contributed by atoms with Crippen LogP contribution in [-0.2, 0) is 19.7 Å². The molecule has 0 bridgehead atoms. The van der Waals surface area contributed by atoms with Gasteiger partial charge in [-0.1, -0.05) is 60.7 Å². The number of anilines is 1. The number of hydrogen-bond donors (Lipinski definition) is 1. The lowest BCUT2D eigenvalue weighted by molar-refractivity contribution is -0.146. The molecule has 0 spiro atoms. The van der Waals surface area contributed by atoms with Crippen molar-refractivity contribution in [3.8, 4) is 21.6 Å². The molecule has 0 aliphatic heterocycles. The summed E-state index contributed by atoms with van der Waals surface area (Å²) in [6.07, 6.45) is 0.150. The molecule has 200 valence electrons. The standard InChI is InChI=1S/C31H27F2NO4S/c1-3-37-29(35)31(16-17-31)22-12-8-21(9-13-22)24-6-4-5-7-25(24)28-26(18-27(33)39-28)34-30(36)38-19(2)20-10-14-23(32)15-11-20/h4-15,18-19H,3,16-17H2,1-2H3,(H,34,36). The second-order valence-corrected chi connectivity index (χ2v) is 10.4. The van der Waals surface area contributed by atoms with E-state index in [4.69, 9.17) is 9.47 Å². The number of hydrogen-bond acceptors (Lipinski definition) is 5. The lowest BCUT2D eigenvalue weighted by Crippen LogP contribution is -2.23. The van der Waals surface area contributed by atoms with Crippen LogP contribution in [0.15, 0.2) is 78.9 Å². The number of carbonyl (C=O) groups is 2. The zero-order valence-electron chi connectivity index (χ0n) is 21.5. The molecular weight excluding hydrogens is 520 g/mol. The molecule has 1 aromatic heterocycles. The second kappa shape index (κ2) is 11.0. The van der Waals surface area contributed by atoms with E-state index in [9.17, 15) is 18.4 Å². The summed E-state index contributed by atoms with van der Waals surface area (Å²) in [5.41, 5.74) is 3.76. The zero-order valence-corrected chi connectivity index (χ0v) is 22.3. The topological polar surface area (TPSA) is 64.6 Å². The van der Waals surface area contributed by atoms with E-state index in [1.807, 2.05) is 48.5 Å². The van der Waals surface area contributed by atoms with Gasteiger partial charge in [-0.2, -0.15) is 4.39 Å². The van der Waals surface area contributed by atoms with Gasteiger partial charge in [-0.3, -0.25) is 10.1 Å². The molecule has 1 heterocycles. The van der Waals surface area contributed by atoms with E-state index in [2.05, 4.69) is 5.32 Å². The van der Waals surface area contributed by atoms with Crippen LogP contribution in [0.4, 0.5) is 19.3 Å². The molecule has 4 aromatic rings. The van der Waals surface area contributed by atoms with Crippen LogP contribution in [0.25, 0.3) is 21.6 Å². The van der Waals surface area contributed by atoms with Crippen molar-refractivity contribution in [2.75, 3.05) is 11.9 Å². The van der Waals surface area contributed by atoms with Crippen molar-refractivity contribution in [2.45, 2.75) is 38.2 Å². The van der Waals surface area contributed by atoms with Crippen LogP contribution in [0.1, 0.15) is 43.9 Å². The molecule has 5 rings (SSSR count). The van der Waals surface area contributed by atoms with Crippen molar-refractivity contribution in [1.29, 1.82) is 0 Å². The molecule has 0 saturated heterocycles. The molecule has 5 nitrogen and oxygen atoms in total. The zero-order chi connectivity index (χ0) is 27.6. The SMILES string of the molecule is CCOC(=O)C1(c2ccc(-c3ccccc3-c3sc(F)cc3NC(=O)OC(C)c3ccc(F)cc3)cc2)CC1. The van der Waals surface area contributed by atoms with E-state index < -0.39 is 22.7 Å². The highest BCUT2D eigenvalue weighted by molar-refractivity contribution is 7.14. The molecular formula is C31H27F2NO4S. The minimum Gasteiger partial charge on any atom is -0.465 e. The van der Waals surface area contributed by atoms with Crippen molar-refractivity contribution in [3.05, 3.63) is 101 Å². The molecule has 1 saturated carbocycles. The van der Waals surface area contributed by atoms with Gasteiger partial charge in [-0.15, -0.1) is 11.3 Å². The maximum atomic E-state index is 14.5. The van der Waals surface area contributed by atoms with Gasteiger partial charge in [0.25, 0.3) is 0 Å². The first-order valence-electron chi connectivity index (χ1n) is 12.7. The Hall–Kier alpha value is -4.04. The van der Waals surface area contributed by atoms with Gasteiger partial charge >= 0.3 is 12.1 Å². The van der Waals surface area contributed by atoms with Gasteiger partial charge in [0.2, 0.25) is 0 Å². The van der Waals surface area contributed by atoms with Crippen molar-refractivity contribution in [2.24, 2.45) is 0 Å². The number of rotatable bonds is 8. The first-order valence-corrected chi connectivity index (χ1v) is 13.5. The van der Waals surface area contributed by atoms with Crippen molar-refractivity contribution >= 4 is 29.1 Å². The minimum absolute atomic E-state index is 0.191. The predicted molar refractivity (Wildman–Crippen MR) is 148 cm³/mol. The largest absolute Gasteiger partial charge is 0.465 e. The van der Waals surface area contributed by atoms with Crippen LogP contribution in [-0.4, -0.2) is 18.7 Å². The highest BCUT2D eigenvalue weighted by Gasteiger charge is 2.52. The minimum atomic E-state index is -0.749. The number of ether oxygens (including phenoxy) is 2. The van der Waals surface area contributed by atoms with E-state index in [1.54, 1.807) is 26.0 Å². The maximum Gasteiger partial charge on any atom is 0.412 e. The molecule has 3 aromatic carbocycles. The van der Waals surface area contributed by atoms with E-state index >= 15 is 0 Å². The predicted octanol–water partition coefficient (Wildman–Crippen LogP) is 8.26. The smallest absolute Gasteiger partial charge is 0.412 e. The number of esters is 1. The second-order valence-electron chi connectivity index (χ2n) is 9.44. The van der Waals surface area contributed by atoms with Crippen LogP contribution in [0, 0.1) is 10.9 Å². The van der Waals surface area contributed by atoms with Crippen LogP contribution in [0.3, 0.4) is 0 Å². The molecule has 1 amide bonds. The summed E-state index contributed by atoms with van der Waals surface area (Å²) in [5, 5.41) is 2.21. The fourth-order valence-corrected chi connectivity index (χ4v) is 5.54. The first-order chi connectivity index (χ1) is 18.8. The summed E-state index contributed by atoms with van der Waals surface area (Å²) in [7, 11) is 0. The molecule has 0 radical (unpaired) electrons. The Labute approximate surface area is 229 Å². The number of benzene rings is 3. The Kier molecular flexibility index (Phi) is 7.48. The number of thiophene rings is 1. The fourth-order valence-electron chi connectivity index (χ4n) is 4.66. The molecule has 8 heteroatoms. The molecule has 1 aliphatic rings. The normalized spacial score (nSPS) is 14.4. The average molecular weight is 548 g/mol. The summed E-state index contributed by atoms with van der Waals surface area (Å²) in [6.45, 7) is 3.82. The van der Waals surface area contributed by atoms with Gasteiger partial charge in [-0.25, -0.2) is 9.18 Å². The summed E-state index contributed by atoms with van der Waals surface area (Å²) in [5.74, 6) is -0.572. The number of halogens is 2. The lowest BCUT2D eigenvalue weighted by Gasteiger charge is -2.16. The summed E-state index contributed by atoms with van der Waals surface area (Å²) >= 11 is 0.922. The van der Waals surface area contributed by atoms with Crippen LogP contribution in [0.2, 0.25) is 0 Å². The monoisotopic (exact) mass is 547 g/mol. The molecule has 1 aliphatic carbocycles. The average Bonchev–Trinajstić information content (AvgIpc) is 3.67. The highest BCUT2D eigenvalue weighted by atomic mass is 32.1. The Morgan fingerprint density at radius 1 is 0.974 bits per heavy atom. The summed E-state index contributed by atoms with van der Waals surface area (Å²) < 4.78 is 38.5. The first kappa shape index (κ1) is 26.6. The highest BCUT2D eigenvalue weighted by Crippen LogP contribution is 2.50. The fraction of sp³-hybridized carbons (Fsp3) is 0.226. The van der Waals surface area contributed by atoms with Gasteiger partial charge in [-0.05, 0) is 61.1 Å². The maximum absolute atomic E-state index is 14.5. The number of carbonyl (C=O) groups excluding carboxylic acids is 2. The Morgan fingerprint density at radius 3 is 2.28 bits per heavy atom. The van der Waals surface area contributed by atoms with Crippen LogP contribution >= 0.6 is 11.3 Å². The molecule has 1 fully saturated rings. The van der Waals surface area contributed by atoms with Crippen molar-refractivity contribution in [3.63, 3.8) is 0 Å². The van der Waals surface area contributed by atoms with Gasteiger partial charge in [0.1, 0.15) is 11.9 Å².